The van der Waals surface area contributed by atoms with E-state index in [0.717, 1.165) is 0 Å². The average Bonchev–Trinajstić information content (AvgIpc) is 2.36. The Labute approximate surface area is 153 Å². The quantitative estimate of drug-likeness (QED) is 0.456. The fourth-order valence-corrected chi connectivity index (χ4v) is 2.91. The summed E-state index contributed by atoms with van der Waals surface area (Å²) in [5.74, 6) is -0.797. The molecule has 0 saturated heterocycles. The lowest BCUT2D eigenvalue weighted by Crippen LogP contribution is -2.47. The predicted molar refractivity (Wildman–Crippen MR) is 102 cm³/mol. The van der Waals surface area contributed by atoms with Gasteiger partial charge in [-0.2, -0.15) is 0 Å². The molecule has 0 radical (unpaired) electrons. The average molecular weight is 376 g/mol. The third-order valence-corrected chi connectivity index (χ3v) is 8.87. The van der Waals surface area contributed by atoms with Gasteiger partial charge in [-0.25, -0.2) is 4.79 Å². The molecule has 0 aliphatic heterocycles. The fourth-order valence-electron chi connectivity index (χ4n) is 1.86. The van der Waals surface area contributed by atoms with E-state index in [-0.39, 0.29) is 17.5 Å². The summed E-state index contributed by atoms with van der Waals surface area (Å²) in [5.41, 5.74) is -0.557. The highest BCUT2D eigenvalue weighted by molar-refractivity contribution is 6.74. The van der Waals surface area contributed by atoms with Crippen molar-refractivity contribution in [3.05, 3.63) is 0 Å². The summed E-state index contributed by atoms with van der Waals surface area (Å²) in [5, 5.41) is 11.7. The second-order valence-corrected chi connectivity index (χ2v) is 13.9. The zero-order valence-electron chi connectivity index (χ0n) is 17.2. The van der Waals surface area contributed by atoms with Crippen LogP contribution in [-0.4, -0.2) is 43.7 Å². The van der Waals surface area contributed by atoms with Crippen molar-refractivity contribution < 1.29 is 23.9 Å². The van der Waals surface area contributed by atoms with E-state index in [0.29, 0.717) is 25.9 Å². The summed E-state index contributed by atoms with van der Waals surface area (Å²) in [6.45, 7) is 16.7. The van der Waals surface area contributed by atoms with Crippen LogP contribution in [0.4, 0.5) is 4.79 Å². The molecule has 0 aromatic carbocycles. The maximum atomic E-state index is 12.1. The van der Waals surface area contributed by atoms with Crippen LogP contribution in [-0.2, 0) is 14.0 Å². The van der Waals surface area contributed by atoms with Gasteiger partial charge in [0.05, 0.1) is 12.6 Å². The first-order valence-electron chi connectivity index (χ1n) is 8.99. The molecule has 6 nitrogen and oxygen atoms in total. The Morgan fingerprint density at radius 3 is 2.08 bits per heavy atom. The molecule has 0 fully saturated rings. The molecule has 1 atom stereocenters. The molecule has 0 heterocycles. The van der Waals surface area contributed by atoms with Gasteiger partial charge < -0.3 is 19.6 Å². The van der Waals surface area contributed by atoms with Gasteiger partial charge in [-0.05, 0) is 51.7 Å². The molecule has 0 aromatic rings. The van der Waals surface area contributed by atoms with Gasteiger partial charge in [-0.1, -0.05) is 27.2 Å². The van der Waals surface area contributed by atoms with E-state index in [4.69, 9.17) is 14.3 Å². The Morgan fingerprint density at radius 2 is 1.64 bits per heavy atom. The third-order valence-electron chi connectivity index (χ3n) is 4.37. The molecule has 0 aliphatic carbocycles. The minimum atomic E-state index is -1.92. The topological polar surface area (TPSA) is 84.9 Å². The van der Waals surface area contributed by atoms with Crippen molar-refractivity contribution in [1.82, 2.24) is 5.32 Å². The normalized spacial score (nSPS) is 14.1. The van der Waals surface area contributed by atoms with Crippen molar-refractivity contribution in [3.8, 4) is 0 Å². The molecular formula is C18H37NO5Si. The number of ether oxygens (including phenoxy) is 1. The van der Waals surface area contributed by atoms with Crippen LogP contribution in [0.15, 0.2) is 0 Å². The van der Waals surface area contributed by atoms with E-state index < -0.39 is 26.0 Å². The molecule has 0 bridgehead atoms. The SMILES string of the molecule is CC(C)(C)OC(=O)N[C@@H](CCCCC(=O)O)CO[Si](C)(C)C(C)(C)C. The van der Waals surface area contributed by atoms with Gasteiger partial charge in [0.25, 0.3) is 0 Å². The predicted octanol–water partition coefficient (Wildman–Crippen LogP) is 4.55. The fraction of sp³-hybridized carbons (Fsp3) is 0.889. The molecule has 0 aliphatic rings. The number of amides is 1. The van der Waals surface area contributed by atoms with Crippen molar-refractivity contribution in [3.63, 3.8) is 0 Å². The molecule has 0 spiro atoms. The number of hydrogen-bond acceptors (Lipinski definition) is 4. The summed E-state index contributed by atoms with van der Waals surface area (Å²) < 4.78 is 11.5. The number of carboxylic acids is 1. The van der Waals surface area contributed by atoms with Crippen molar-refractivity contribution in [2.45, 2.75) is 97.0 Å². The standard InChI is InChI=1S/C18H37NO5Si/c1-17(2,3)24-16(22)19-14(11-9-10-12-15(20)21)13-23-25(7,8)18(4,5)6/h14H,9-13H2,1-8H3,(H,19,22)(H,20,21)/t14-/m0/s1. The molecule has 1 amide bonds. The first-order valence-corrected chi connectivity index (χ1v) is 11.9. The largest absolute Gasteiger partial charge is 0.481 e. The van der Waals surface area contributed by atoms with Crippen LogP contribution in [0.3, 0.4) is 0 Å². The zero-order chi connectivity index (χ0) is 19.9. The maximum Gasteiger partial charge on any atom is 0.407 e. The Kier molecular flexibility index (Phi) is 9.15. The number of nitrogens with one attached hydrogen (secondary N) is 1. The van der Waals surface area contributed by atoms with Gasteiger partial charge in [-0.3, -0.25) is 4.79 Å². The van der Waals surface area contributed by atoms with Crippen molar-refractivity contribution in [2.75, 3.05) is 6.61 Å². The van der Waals surface area contributed by atoms with Crippen molar-refractivity contribution >= 4 is 20.4 Å². The molecule has 0 unspecified atom stereocenters. The highest BCUT2D eigenvalue weighted by Gasteiger charge is 2.37. The lowest BCUT2D eigenvalue weighted by molar-refractivity contribution is -0.137. The highest BCUT2D eigenvalue weighted by atomic mass is 28.4. The van der Waals surface area contributed by atoms with E-state index >= 15 is 0 Å². The Bertz CT molecular complexity index is 438. The first kappa shape index (κ1) is 23.9. The molecule has 7 heteroatoms. The van der Waals surface area contributed by atoms with Crippen molar-refractivity contribution in [1.29, 1.82) is 0 Å². The summed E-state index contributed by atoms with van der Waals surface area (Å²) in [7, 11) is -1.92. The number of carboxylic acid groups (broad SMARTS) is 1. The van der Waals surface area contributed by atoms with Gasteiger partial charge in [0.2, 0.25) is 0 Å². The number of aliphatic carboxylic acids is 1. The number of carbonyl (C=O) groups is 2. The van der Waals surface area contributed by atoms with Gasteiger partial charge >= 0.3 is 12.1 Å². The Balaban J connectivity index is 4.72. The lowest BCUT2D eigenvalue weighted by atomic mass is 10.1. The molecule has 0 rings (SSSR count). The number of hydrogen-bond donors (Lipinski definition) is 2. The Morgan fingerprint density at radius 1 is 1.08 bits per heavy atom. The number of unbranched alkanes of at least 4 members (excludes halogenated alkanes) is 1. The van der Waals surface area contributed by atoms with Crippen LogP contribution in [0.5, 0.6) is 0 Å². The molecule has 0 aromatic heterocycles. The monoisotopic (exact) mass is 375 g/mol. The van der Waals surface area contributed by atoms with Gasteiger partial charge in [0.15, 0.2) is 8.32 Å². The maximum absolute atomic E-state index is 12.1. The van der Waals surface area contributed by atoms with E-state index in [1.807, 2.05) is 20.8 Å². The molecule has 148 valence electrons. The summed E-state index contributed by atoms with van der Waals surface area (Å²) in [6.07, 6.45) is 1.65. The minimum Gasteiger partial charge on any atom is -0.481 e. The summed E-state index contributed by atoms with van der Waals surface area (Å²) in [4.78, 5) is 22.7. The number of carbonyl (C=O) groups excluding carboxylic acids is 1. The second kappa shape index (κ2) is 9.57. The Hall–Kier alpha value is -1.08. The lowest BCUT2D eigenvalue weighted by Gasteiger charge is -2.37. The third kappa shape index (κ3) is 11.2. The van der Waals surface area contributed by atoms with Crippen LogP contribution in [0.25, 0.3) is 0 Å². The number of alkyl carbamates (subject to hydrolysis) is 1. The van der Waals surface area contributed by atoms with Gasteiger partial charge in [0, 0.05) is 6.42 Å². The van der Waals surface area contributed by atoms with Gasteiger partial charge in [0.1, 0.15) is 5.60 Å². The smallest absolute Gasteiger partial charge is 0.407 e. The van der Waals surface area contributed by atoms with Crippen LogP contribution in [0, 0.1) is 0 Å². The van der Waals surface area contributed by atoms with E-state index in [9.17, 15) is 9.59 Å². The first-order chi connectivity index (χ1) is 11.1. The highest BCUT2D eigenvalue weighted by Crippen LogP contribution is 2.36. The van der Waals surface area contributed by atoms with Crippen LogP contribution < -0.4 is 5.32 Å². The zero-order valence-corrected chi connectivity index (χ0v) is 18.2. The molecule has 25 heavy (non-hydrogen) atoms. The number of rotatable bonds is 9. The van der Waals surface area contributed by atoms with Crippen LogP contribution >= 0.6 is 0 Å². The second-order valence-electron chi connectivity index (χ2n) is 9.05. The molecule has 2 N–H and O–H groups in total. The molecular weight excluding hydrogens is 338 g/mol. The minimum absolute atomic E-state index is 0.0901. The van der Waals surface area contributed by atoms with Crippen LogP contribution in [0.1, 0.15) is 67.2 Å². The van der Waals surface area contributed by atoms with Crippen LogP contribution in [0.2, 0.25) is 18.1 Å². The van der Waals surface area contributed by atoms with E-state index in [1.165, 1.54) is 0 Å². The summed E-state index contributed by atoms with van der Waals surface area (Å²) in [6, 6.07) is -0.183. The van der Waals surface area contributed by atoms with E-state index in [2.05, 4.69) is 39.2 Å². The van der Waals surface area contributed by atoms with Crippen molar-refractivity contribution in [2.24, 2.45) is 0 Å². The van der Waals surface area contributed by atoms with Gasteiger partial charge in [-0.15, -0.1) is 0 Å². The molecule has 0 saturated carbocycles. The summed E-state index contributed by atoms with van der Waals surface area (Å²) >= 11 is 0. The van der Waals surface area contributed by atoms with E-state index in [1.54, 1.807) is 0 Å².